The molecule has 0 heterocycles. The third-order valence-electron chi connectivity index (χ3n) is 2.81. The van der Waals surface area contributed by atoms with Gasteiger partial charge in [-0.25, -0.2) is 0 Å². The normalized spacial score (nSPS) is 11.9. The fourth-order valence-electron chi connectivity index (χ4n) is 1.71. The second kappa shape index (κ2) is 5.99. The highest BCUT2D eigenvalue weighted by molar-refractivity contribution is 9.10. The first kappa shape index (κ1) is 13.8. The molecule has 0 aliphatic heterocycles. The average molecular weight is 319 g/mol. The van der Waals surface area contributed by atoms with Crippen LogP contribution in [-0.4, -0.2) is 5.91 Å². The predicted molar refractivity (Wildman–Crippen MR) is 80.9 cm³/mol. The van der Waals surface area contributed by atoms with E-state index < -0.39 is 6.04 Å². The van der Waals surface area contributed by atoms with Crippen molar-refractivity contribution in [2.45, 2.75) is 13.0 Å². The minimum absolute atomic E-state index is 0.220. The number of nitrogens with two attached hydrogens (primary N) is 1. The third-order valence-corrected chi connectivity index (χ3v) is 3.30. The van der Waals surface area contributed by atoms with Crippen LogP contribution < -0.4 is 11.1 Å². The minimum atomic E-state index is -0.667. The topological polar surface area (TPSA) is 55.1 Å². The third kappa shape index (κ3) is 3.66. The smallest absolute Gasteiger partial charge is 0.245 e. The van der Waals surface area contributed by atoms with Crippen molar-refractivity contribution in [3.8, 4) is 0 Å². The number of halogens is 1. The molecule has 2 rings (SSSR count). The number of rotatable bonds is 3. The van der Waals surface area contributed by atoms with Gasteiger partial charge < -0.3 is 11.1 Å². The zero-order valence-electron chi connectivity index (χ0n) is 10.6. The maximum Gasteiger partial charge on any atom is 0.245 e. The maximum atomic E-state index is 12.1. The Morgan fingerprint density at radius 1 is 1.21 bits per heavy atom. The molecule has 19 heavy (non-hydrogen) atoms. The molecular weight excluding hydrogens is 304 g/mol. The average Bonchev–Trinajstić information content (AvgIpc) is 2.39. The Labute approximate surface area is 121 Å². The molecule has 0 saturated carbocycles. The number of aryl methyl sites for hydroxylation is 1. The summed E-state index contributed by atoms with van der Waals surface area (Å²) >= 11 is 3.36. The SMILES string of the molecule is Cc1ccc(C(N)C(=O)Nc2cccc(Br)c2)cc1. The molecule has 0 spiro atoms. The summed E-state index contributed by atoms with van der Waals surface area (Å²) in [6.45, 7) is 2.00. The Bertz CT molecular complexity index is 581. The molecule has 1 amide bonds. The lowest BCUT2D eigenvalue weighted by molar-refractivity contribution is -0.117. The van der Waals surface area contributed by atoms with Crippen LogP contribution in [0.3, 0.4) is 0 Å². The van der Waals surface area contributed by atoms with E-state index in [2.05, 4.69) is 21.2 Å². The van der Waals surface area contributed by atoms with Gasteiger partial charge in [-0.1, -0.05) is 51.8 Å². The molecule has 0 saturated heterocycles. The van der Waals surface area contributed by atoms with Crippen molar-refractivity contribution in [1.29, 1.82) is 0 Å². The van der Waals surface area contributed by atoms with Crippen molar-refractivity contribution in [2.75, 3.05) is 5.32 Å². The Balaban J connectivity index is 2.09. The summed E-state index contributed by atoms with van der Waals surface area (Å²) < 4.78 is 0.911. The Morgan fingerprint density at radius 2 is 1.89 bits per heavy atom. The van der Waals surface area contributed by atoms with E-state index in [-0.39, 0.29) is 5.91 Å². The lowest BCUT2D eigenvalue weighted by atomic mass is 10.1. The van der Waals surface area contributed by atoms with Gasteiger partial charge in [-0.15, -0.1) is 0 Å². The molecule has 0 aliphatic carbocycles. The summed E-state index contributed by atoms with van der Waals surface area (Å²) in [6.07, 6.45) is 0. The highest BCUT2D eigenvalue weighted by Gasteiger charge is 2.15. The Kier molecular flexibility index (Phi) is 4.35. The number of anilines is 1. The Hall–Kier alpha value is -1.65. The number of benzene rings is 2. The number of amides is 1. The van der Waals surface area contributed by atoms with Gasteiger partial charge in [-0.05, 0) is 30.7 Å². The molecule has 2 aromatic carbocycles. The first-order chi connectivity index (χ1) is 9.06. The van der Waals surface area contributed by atoms with E-state index in [1.165, 1.54) is 0 Å². The van der Waals surface area contributed by atoms with Crippen LogP contribution in [0, 0.1) is 6.92 Å². The second-order valence-corrected chi connectivity index (χ2v) is 5.30. The van der Waals surface area contributed by atoms with Crippen LogP contribution in [0.5, 0.6) is 0 Å². The zero-order valence-corrected chi connectivity index (χ0v) is 12.1. The molecule has 2 aromatic rings. The second-order valence-electron chi connectivity index (χ2n) is 4.39. The van der Waals surface area contributed by atoms with Crippen molar-refractivity contribution in [2.24, 2.45) is 5.73 Å². The van der Waals surface area contributed by atoms with Crippen LogP contribution in [0.4, 0.5) is 5.69 Å². The van der Waals surface area contributed by atoms with Gasteiger partial charge in [-0.2, -0.15) is 0 Å². The summed E-state index contributed by atoms with van der Waals surface area (Å²) in [4.78, 5) is 12.1. The van der Waals surface area contributed by atoms with Gasteiger partial charge in [0.15, 0.2) is 0 Å². The summed E-state index contributed by atoms with van der Waals surface area (Å²) in [7, 11) is 0. The molecule has 98 valence electrons. The highest BCUT2D eigenvalue weighted by Crippen LogP contribution is 2.18. The fourth-order valence-corrected chi connectivity index (χ4v) is 2.11. The number of hydrogen-bond acceptors (Lipinski definition) is 2. The van der Waals surface area contributed by atoms with Gasteiger partial charge in [0.1, 0.15) is 6.04 Å². The predicted octanol–water partition coefficient (Wildman–Crippen LogP) is 3.40. The summed E-state index contributed by atoms with van der Waals surface area (Å²) in [6, 6.07) is 14.4. The summed E-state index contributed by atoms with van der Waals surface area (Å²) in [5, 5.41) is 2.80. The molecular formula is C15H15BrN2O. The molecule has 0 fully saturated rings. The fraction of sp³-hybridized carbons (Fsp3) is 0.133. The molecule has 0 radical (unpaired) electrons. The molecule has 4 heteroatoms. The van der Waals surface area contributed by atoms with Gasteiger partial charge >= 0.3 is 0 Å². The van der Waals surface area contributed by atoms with Gasteiger partial charge in [0.25, 0.3) is 0 Å². The Morgan fingerprint density at radius 3 is 2.53 bits per heavy atom. The van der Waals surface area contributed by atoms with Crippen LogP contribution >= 0.6 is 15.9 Å². The van der Waals surface area contributed by atoms with E-state index in [4.69, 9.17) is 5.73 Å². The molecule has 0 bridgehead atoms. The van der Waals surface area contributed by atoms with Crippen molar-refractivity contribution >= 4 is 27.5 Å². The standard InChI is InChI=1S/C15H15BrN2O/c1-10-5-7-11(8-6-10)14(17)15(19)18-13-4-2-3-12(16)9-13/h2-9,14H,17H2,1H3,(H,18,19). The van der Waals surface area contributed by atoms with Crippen LogP contribution in [-0.2, 0) is 4.79 Å². The van der Waals surface area contributed by atoms with E-state index in [1.807, 2.05) is 55.5 Å². The summed E-state index contributed by atoms with van der Waals surface area (Å²) in [5.41, 5.74) is 8.62. The largest absolute Gasteiger partial charge is 0.324 e. The van der Waals surface area contributed by atoms with Crippen molar-refractivity contribution in [1.82, 2.24) is 0 Å². The molecule has 1 atom stereocenters. The van der Waals surface area contributed by atoms with Crippen LogP contribution in [0.25, 0.3) is 0 Å². The number of carbonyl (C=O) groups excluding carboxylic acids is 1. The highest BCUT2D eigenvalue weighted by atomic mass is 79.9. The van der Waals surface area contributed by atoms with Crippen LogP contribution in [0.15, 0.2) is 53.0 Å². The van der Waals surface area contributed by atoms with E-state index in [0.29, 0.717) is 0 Å². The molecule has 3 nitrogen and oxygen atoms in total. The van der Waals surface area contributed by atoms with E-state index in [1.54, 1.807) is 0 Å². The molecule has 3 N–H and O–H groups in total. The minimum Gasteiger partial charge on any atom is -0.324 e. The van der Waals surface area contributed by atoms with Crippen molar-refractivity contribution in [3.05, 3.63) is 64.1 Å². The maximum absolute atomic E-state index is 12.1. The molecule has 0 aliphatic rings. The van der Waals surface area contributed by atoms with Crippen LogP contribution in [0.2, 0.25) is 0 Å². The lowest BCUT2D eigenvalue weighted by Crippen LogP contribution is -2.27. The van der Waals surface area contributed by atoms with E-state index >= 15 is 0 Å². The van der Waals surface area contributed by atoms with Gasteiger partial charge in [0, 0.05) is 10.2 Å². The first-order valence-corrected chi connectivity index (χ1v) is 6.74. The quantitative estimate of drug-likeness (QED) is 0.911. The molecule has 1 unspecified atom stereocenters. The van der Waals surface area contributed by atoms with E-state index in [9.17, 15) is 4.79 Å². The van der Waals surface area contributed by atoms with Crippen molar-refractivity contribution in [3.63, 3.8) is 0 Å². The van der Waals surface area contributed by atoms with Gasteiger partial charge in [-0.3, -0.25) is 4.79 Å². The first-order valence-electron chi connectivity index (χ1n) is 5.95. The monoisotopic (exact) mass is 318 g/mol. The summed E-state index contributed by atoms with van der Waals surface area (Å²) in [5.74, 6) is -0.220. The zero-order chi connectivity index (χ0) is 13.8. The number of hydrogen-bond donors (Lipinski definition) is 2. The number of nitrogens with one attached hydrogen (secondary N) is 1. The van der Waals surface area contributed by atoms with Gasteiger partial charge in [0.2, 0.25) is 5.91 Å². The van der Waals surface area contributed by atoms with Crippen LogP contribution in [0.1, 0.15) is 17.2 Å². The molecule has 0 aromatic heterocycles. The number of carbonyl (C=O) groups is 1. The van der Waals surface area contributed by atoms with E-state index in [0.717, 1.165) is 21.3 Å². The van der Waals surface area contributed by atoms with Crippen molar-refractivity contribution < 1.29 is 4.79 Å². The van der Waals surface area contributed by atoms with Gasteiger partial charge in [0.05, 0.1) is 0 Å². The lowest BCUT2D eigenvalue weighted by Gasteiger charge is -2.13.